The Morgan fingerprint density at radius 1 is 1.33 bits per heavy atom. The quantitative estimate of drug-likeness (QED) is 0.891. The van der Waals surface area contributed by atoms with E-state index < -0.39 is 5.60 Å². The average molecular weight is 287 g/mol. The number of hydrogen-bond acceptors (Lipinski definition) is 2. The fourth-order valence-electron chi connectivity index (χ4n) is 2.46. The number of nitrogens with one attached hydrogen (secondary N) is 1. The Morgan fingerprint density at radius 2 is 2.00 bits per heavy atom. The molecule has 0 unspecified atom stereocenters. The van der Waals surface area contributed by atoms with Crippen LogP contribution in [-0.2, 0) is 4.74 Å². The van der Waals surface area contributed by atoms with Crippen LogP contribution in [0.4, 0.5) is 4.79 Å². The molecule has 0 spiro atoms. The number of hydrogen-bond donors (Lipinski definition) is 1. The Bertz CT molecular complexity index is 514. The molecule has 1 N–H and O–H groups in total. The number of carbonyl (C=O) groups excluding carboxylic acids is 1. The van der Waals surface area contributed by atoms with E-state index in [2.05, 4.69) is 30.4 Å². The highest BCUT2D eigenvalue weighted by Gasteiger charge is 2.41. The Labute approximate surface area is 127 Å². The number of benzene rings is 1. The van der Waals surface area contributed by atoms with Crippen molar-refractivity contribution in [1.82, 2.24) is 5.32 Å². The van der Waals surface area contributed by atoms with Crippen molar-refractivity contribution in [3.8, 4) is 0 Å². The zero-order valence-corrected chi connectivity index (χ0v) is 13.3. The van der Waals surface area contributed by atoms with E-state index in [0.29, 0.717) is 5.92 Å². The fraction of sp³-hybridized carbons (Fsp3) is 0.500. The zero-order chi connectivity index (χ0) is 15.5. The number of ether oxygens (including phenoxy) is 1. The van der Waals surface area contributed by atoms with Crippen molar-refractivity contribution >= 4 is 12.2 Å². The number of rotatable bonds is 4. The first-order valence-electron chi connectivity index (χ1n) is 7.64. The van der Waals surface area contributed by atoms with Gasteiger partial charge in [-0.15, -0.1) is 0 Å². The standard InChI is InChI=1S/C18H25NO2/c1-5-14(11-13-9-7-6-8-10-13)15-12-16(15)19-17(20)21-18(2,3)4/h6-11,15-16H,5,12H2,1-4H3,(H,19,20)/b14-11+/t15-,16+/m0/s1. The highest BCUT2D eigenvalue weighted by molar-refractivity contribution is 5.69. The number of alkyl carbamates (subject to hydrolysis) is 1. The average Bonchev–Trinajstić information content (AvgIpc) is 3.13. The van der Waals surface area contributed by atoms with Gasteiger partial charge in [-0.2, -0.15) is 0 Å². The first-order chi connectivity index (χ1) is 9.89. The molecule has 0 radical (unpaired) electrons. The van der Waals surface area contributed by atoms with Gasteiger partial charge in [-0.3, -0.25) is 0 Å². The van der Waals surface area contributed by atoms with Gasteiger partial charge in [0.15, 0.2) is 0 Å². The van der Waals surface area contributed by atoms with Crippen LogP contribution in [0, 0.1) is 5.92 Å². The van der Waals surface area contributed by atoms with Crippen LogP contribution in [0.15, 0.2) is 35.9 Å². The molecule has 0 bridgehead atoms. The lowest BCUT2D eigenvalue weighted by atomic mass is 10.0. The summed E-state index contributed by atoms with van der Waals surface area (Å²) in [4.78, 5) is 11.8. The van der Waals surface area contributed by atoms with Gasteiger partial charge in [0.25, 0.3) is 0 Å². The number of amides is 1. The van der Waals surface area contributed by atoms with Gasteiger partial charge in [0.1, 0.15) is 5.60 Å². The molecule has 1 fully saturated rings. The second-order valence-corrected chi connectivity index (χ2v) is 6.58. The van der Waals surface area contributed by atoms with Crippen molar-refractivity contribution in [2.45, 2.75) is 52.2 Å². The van der Waals surface area contributed by atoms with Crippen molar-refractivity contribution in [1.29, 1.82) is 0 Å². The van der Waals surface area contributed by atoms with Crippen LogP contribution in [0.2, 0.25) is 0 Å². The van der Waals surface area contributed by atoms with Gasteiger partial charge in [-0.25, -0.2) is 4.79 Å². The van der Waals surface area contributed by atoms with Crippen LogP contribution in [0.25, 0.3) is 6.08 Å². The molecule has 0 aromatic heterocycles. The summed E-state index contributed by atoms with van der Waals surface area (Å²) in [5, 5.41) is 2.96. The maximum Gasteiger partial charge on any atom is 0.407 e. The maximum atomic E-state index is 11.8. The lowest BCUT2D eigenvalue weighted by Gasteiger charge is -2.19. The van der Waals surface area contributed by atoms with Gasteiger partial charge < -0.3 is 10.1 Å². The van der Waals surface area contributed by atoms with E-state index in [9.17, 15) is 4.79 Å². The van der Waals surface area contributed by atoms with Crippen LogP contribution in [0.5, 0.6) is 0 Å². The molecule has 114 valence electrons. The summed E-state index contributed by atoms with van der Waals surface area (Å²) < 4.78 is 5.30. The third-order valence-electron chi connectivity index (χ3n) is 3.53. The molecule has 1 saturated carbocycles. The highest BCUT2D eigenvalue weighted by atomic mass is 16.6. The minimum atomic E-state index is -0.443. The predicted octanol–water partition coefficient (Wildman–Crippen LogP) is 4.39. The lowest BCUT2D eigenvalue weighted by Crippen LogP contribution is -2.34. The van der Waals surface area contributed by atoms with Gasteiger partial charge in [-0.05, 0) is 39.2 Å². The van der Waals surface area contributed by atoms with Crippen LogP contribution in [0.3, 0.4) is 0 Å². The minimum Gasteiger partial charge on any atom is -0.444 e. The van der Waals surface area contributed by atoms with E-state index in [-0.39, 0.29) is 12.1 Å². The van der Waals surface area contributed by atoms with Gasteiger partial charge in [0.05, 0.1) is 0 Å². The molecule has 21 heavy (non-hydrogen) atoms. The Hall–Kier alpha value is -1.77. The smallest absolute Gasteiger partial charge is 0.407 e. The molecule has 3 heteroatoms. The van der Waals surface area contributed by atoms with Crippen LogP contribution in [-0.4, -0.2) is 17.7 Å². The monoisotopic (exact) mass is 287 g/mol. The Morgan fingerprint density at radius 3 is 2.57 bits per heavy atom. The largest absolute Gasteiger partial charge is 0.444 e. The summed E-state index contributed by atoms with van der Waals surface area (Å²) in [7, 11) is 0. The molecular formula is C18H25NO2. The van der Waals surface area contributed by atoms with Crippen molar-refractivity contribution in [2.24, 2.45) is 5.92 Å². The Balaban J connectivity index is 1.92. The molecule has 0 saturated heterocycles. The molecule has 1 aliphatic rings. The molecular weight excluding hydrogens is 262 g/mol. The van der Waals surface area contributed by atoms with Gasteiger partial charge in [-0.1, -0.05) is 48.9 Å². The minimum absolute atomic E-state index is 0.217. The van der Waals surface area contributed by atoms with Gasteiger partial charge >= 0.3 is 6.09 Å². The second-order valence-electron chi connectivity index (χ2n) is 6.58. The molecule has 1 aliphatic carbocycles. The summed E-state index contributed by atoms with van der Waals surface area (Å²) in [6.45, 7) is 7.80. The van der Waals surface area contributed by atoms with Gasteiger partial charge in [0, 0.05) is 12.0 Å². The Kier molecular flexibility index (Phi) is 4.71. The molecule has 3 nitrogen and oxygen atoms in total. The van der Waals surface area contributed by atoms with E-state index in [1.807, 2.05) is 39.0 Å². The van der Waals surface area contributed by atoms with Gasteiger partial charge in [0.2, 0.25) is 0 Å². The summed E-state index contributed by atoms with van der Waals surface area (Å²) in [5.74, 6) is 0.447. The zero-order valence-electron chi connectivity index (χ0n) is 13.3. The molecule has 0 aliphatic heterocycles. The highest BCUT2D eigenvalue weighted by Crippen LogP contribution is 2.39. The summed E-state index contributed by atoms with van der Waals surface area (Å²) in [6, 6.07) is 10.5. The van der Waals surface area contributed by atoms with Crippen molar-refractivity contribution < 1.29 is 9.53 Å². The fourth-order valence-corrected chi connectivity index (χ4v) is 2.46. The lowest BCUT2D eigenvalue weighted by molar-refractivity contribution is 0.0522. The molecule has 2 rings (SSSR count). The topological polar surface area (TPSA) is 38.3 Å². The number of carbonyl (C=O) groups is 1. The SMILES string of the molecule is CC/C(=C\c1ccccc1)[C@@H]1C[C@H]1NC(=O)OC(C)(C)C. The van der Waals surface area contributed by atoms with Crippen LogP contribution >= 0.6 is 0 Å². The van der Waals surface area contributed by atoms with E-state index in [4.69, 9.17) is 4.74 Å². The van der Waals surface area contributed by atoms with E-state index >= 15 is 0 Å². The molecule has 0 heterocycles. The van der Waals surface area contributed by atoms with E-state index in [0.717, 1.165) is 12.8 Å². The third kappa shape index (κ3) is 4.92. The van der Waals surface area contributed by atoms with Crippen molar-refractivity contribution in [3.05, 3.63) is 41.5 Å². The third-order valence-corrected chi connectivity index (χ3v) is 3.53. The van der Waals surface area contributed by atoms with Crippen molar-refractivity contribution in [2.75, 3.05) is 0 Å². The summed E-state index contributed by atoms with van der Waals surface area (Å²) in [5.41, 5.74) is 2.17. The van der Waals surface area contributed by atoms with Crippen molar-refractivity contribution in [3.63, 3.8) is 0 Å². The maximum absolute atomic E-state index is 11.8. The first-order valence-corrected chi connectivity index (χ1v) is 7.64. The molecule has 1 amide bonds. The van der Waals surface area contributed by atoms with E-state index in [1.165, 1.54) is 11.1 Å². The molecule has 1 aromatic rings. The second kappa shape index (κ2) is 6.33. The van der Waals surface area contributed by atoms with E-state index in [1.54, 1.807) is 0 Å². The first kappa shape index (κ1) is 15.6. The van der Waals surface area contributed by atoms with Crippen LogP contribution in [0.1, 0.15) is 46.1 Å². The predicted molar refractivity (Wildman–Crippen MR) is 86.0 cm³/mol. The summed E-state index contributed by atoms with van der Waals surface area (Å²) in [6.07, 6.45) is 3.93. The summed E-state index contributed by atoms with van der Waals surface area (Å²) >= 11 is 0. The van der Waals surface area contributed by atoms with Crippen LogP contribution < -0.4 is 5.32 Å². The molecule has 1 aromatic carbocycles. The normalized spacial score (nSPS) is 21.8. The molecule has 2 atom stereocenters.